The Morgan fingerprint density at radius 3 is 2.69 bits per heavy atom. The second kappa shape index (κ2) is 8.63. The Labute approximate surface area is 186 Å². The maximum Gasteiger partial charge on any atom is 0.177 e. The van der Waals surface area contributed by atoms with Crippen molar-refractivity contribution in [2.75, 3.05) is 18.0 Å². The van der Waals surface area contributed by atoms with Crippen LogP contribution < -0.4 is 10.2 Å². The fourth-order valence-corrected chi connectivity index (χ4v) is 4.39. The summed E-state index contributed by atoms with van der Waals surface area (Å²) < 4.78 is 15.1. The Bertz CT molecular complexity index is 1240. The average molecular weight is 432 g/mol. The monoisotopic (exact) mass is 431 g/mol. The topological polar surface area (TPSA) is 71.8 Å². The van der Waals surface area contributed by atoms with E-state index in [-0.39, 0.29) is 5.82 Å². The number of nitrogens with one attached hydrogen (secondary N) is 1. The van der Waals surface area contributed by atoms with E-state index in [9.17, 15) is 4.39 Å². The lowest BCUT2D eigenvalue weighted by atomic mass is 10.0. The van der Waals surface area contributed by atoms with Crippen molar-refractivity contribution in [3.8, 4) is 11.4 Å². The predicted octanol–water partition coefficient (Wildman–Crippen LogP) is 3.63. The van der Waals surface area contributed by atoms with Crippen LogP contribution in [-0.4, -0.2) is 44.1 Å². The van der Waals surface area contributed by atoms with Crippen molar-refractivity contribution in [2.45, 2.75) is 32.4 Å². The van der Waals surface area contributed by atoms with E-state index in [4.69, 9.17) is 0 Å². The molecule has 1 aliphatic heterocycles. The minimum absolute atomic E-state index is 0.184. The summed E-state index contributed by atoms with van der Waals surface area (Å²) in [7, 11) is 1.90. The highest BCUT2D eigenvalue weighted by atomic mass is 19.1. The van der Waals surface area contributed by atoms with E-state index in [0.717, 1.165) is 71.7 Å². The Morgan fingerprint density at radius 2 is 1.94 bits per heavy atom. The quantitative estimate of drug-likeness (QED) is 0.520. The molecule has 7 nitrogen and oxygen atoms in total. The molecule has 1 aliphatic rings. The Kier molecular flexibility index (Phi) is 5.53. The number of halogens is 1. The number of hydrogen-bond acceptors (Lipinski definition) is 6. The molecule has 0 radical (unpaired) electrons. The van der Waals surface area contributed by atoms with Crippen molar-refractivity contribution in [2.24, 2.45) is 7.05 Å². The fraction of sp³-hybridized carbons (Fsp3) is 0.333. The third-order valence-corrected chi connectivity index (χ3v) is 6.26. The van der Waals surface area contributed by atoms with Crippen molar-refractivity contribution < 1.29 is 4.39 Å². The van der Waals surface area contributed by atoms with Crippen LogP contribution in [0.4, 0.5) is 10.2 Å². The van der Waals surface area contributed by atoms with E-state index < -0.39 is 0 Å². The molecular formula is C24H26FN7. The van der Waals surface area contributed by atoms with Gasteiger partial charge >= 0.3 is 0 Å². The number of rotatable bonds is 5. The van der Waals surface area contributed by atoms with E-state index in [2.05, 4.69) is 30.5 Å². The van der Waals surface area contributed by atoms with Crippen molar-refractivity contribution in [1.29, 1.82) is 0 Å². The highest BCUT2D eigenvalue weighted by Gasteiger charge is 2.23. The molecular weight excluding hydrogens is 405 g/mol. The van der Waals surface area contributed by atoms with E-state index in [1.807, 2.05) is 38.2 Å². The van der Waals surface area contributed by atoms with Crippen LogP contribution in [0.5, 0.6) is 0 Å². The molecule has 0 aliphatic carbocycles. The molecule has 0 amide bonds. The van der Waals surface area contributed by atoms with Gasteiger partial charge in [0.15, 0.2) is 5.82 Å². The summed E-state index contributed by atoms with van der Waals surface area (Å²) in [6.07, 6.45) is 5.57. The average Bonchev–Trinajstić information content (AvgIpc) is 3.24. The zero-order valence-corrected chi connectivity index (χ0v) is 18.3. The molecule has 1 N–H and O–H groups in total. The van der Waals surface area contributed by atoms with Gasteiger partial charge in [0.1, 0.15) is 17.0 Å². The molecule has 32 heavy (non-hydrogen) atoms. The summed E-state index contributed by atoms with van der Waals surface area (Å²) in [5.74, 6) is 0.648. The number of benzene rings is 1. The predicted molar refractivity (Wildman–Crippen MR) is 123 cm³/mol. The number of nitrogens with zero attached hydrogens (tertiary/aromatic N) is 6. The number of pyridine rings is 1. The van der Waals surface area contributed by atoms with Crippen LogP contribution in [0.2, 0.25) is 0 Å². The summed E-state index contributed by atoms with van der Waals surface area (Å²) in [5.41, 5.74) is 4.70. The normalized spacial score (nSPS) is 14.9. The Hall–Kier alpha value is -3.39. The first-order valence-electron chi connectivity index (χ1n) is 10.9. The van der Waals surface area contributed by atoms with Gasteiger partial charge in [-0.25, -0.2) is 4.39 Å². The van der Waals surface area contributed by atoms with Gasteiger partial charge in [0.2, 0.25) is 0 Å². The maximum atomic E-state index is 13.3. The molecule has 4 heterocycles. The van der Waals surface area contributed by atoms with Crippen molar-refractivity contribution in [3.63, 3.8) is 0 Å². The van der Waals surface area contributed by atoms with Gasteiger partial charge in [0.05, 0.1) is 5.69 Å². The van der Waals surface area contributed by atoms with Crippen LogP contribution in [0.25, 0.3) is 22.3 Å². The zero-order valence-electron chi connectivity index (χ0n) is 18.3. The van der Waals surface area contributed by atoms with Crippen LogP contribution in [0.1, 0.15) is 24.0 Å². The van der Waals surface area contributed by atoms with Gasteiger partial charge in [-0.3, -0.25) is 9.67 Å². The molecule has 0 spiro atoms. The Balaban J connectivity index is 1.31. The van der Waals surface area contributed by atoms with Crippen LogP contribution >= 0.6 is 0 Å². The highest BCUT2D eigenvalue weighted by Crippen LogP contribution is 2.30. The van der Waals surface area contributed by atoms with E-state index in [1.165, 1.54) is 6.07 Å². The molecule has 5 rings (SSSR count). The number of aromatic nitrogens is 5. The smallest absolute Gasteiger partial charge is 0.177 e. The van der Waals surface area contributed by atoms with Gasteiger partial charge in [-0.05, 0) is 61.2 Å². The third kappa shape index (κ3) is 3.93. The molecule has 8 heteroatoms. The molecule has 0 bridgehead atoms. The maximum absolute atomic E-state index is 13.3. The van der Waals surface area contributed by atoms with Crippen LogP contribution in [0.15, 0.2) is 48.8 Å². The SMILES string of the molecule is Cc1cc(F)ccc1CNC1CCN(c2nnc(-c3ccnn3C)c3cccnc23)CC1. The highest BCUT2D eigenvalue weighted by molar-refractivity contribution is 5.97. The second-order valence-corrected chi connectivity index (χ2v) is 8.32. The molecule has 1 fully saturated rings. The number of piperidine rings is 1. The lowest BCUT2D eigenvalue weighted by Crippen LogP contribution is -2.42. The fourth-order valence-electron chi connectivity index (χ4n) is 4.39. The van der Waals surface area contributed by atoms with Gasteiger partial charge in [-0.1, -0.05) is 6.07 Å². The third-order valence-electron chi connectivity index (χ3n) is 6.26. The summed E-state index contributed by atoms with van der Waals surface area (Å²) in [5, 5.41) is 18.0. The summed E-state index contributed by atoms with van der Waals surface area (Å²) in [6.45, 7) is 4.46. The lowest BCUT2D eigenvalue weighted by Gasteiger charge is -2.33. The molecule has 1 saturated heterocycles. The minimum Gasteiger partial charge on any atom is -0.353 e. The molecule has 164 valence electrons. The largest absolute Gasteiger partial charge is 0.353 e. The molecule has 0 atom stereocenters. The van der Waals surface area contributed by atoms with Gasteiger partial charge in [0, 0.05) is 50.5 Å². The number of hydrogen-bond donors (Lipinski definition) is 1. The number of fused-ring (bicyclic) bond motifs is 1. The molecule has 1 aromatic carbocycles. The van der Waals surface area contributed by atoms with Crippen molar-refractivity contribution >= 4 is 16.7 Å². The first-order chi connectivity index (χ1) is 15.6. The van der Waals surface area contributed by atoms with Gasteiger partial charge in [-0.15, -0.1) is 10.2 Å². The first kappa shape index (κ1) is 20.5. The van der Waals surface area contributed by atoms with Gasteiger partial charge in [0.25, 0.3) is 0 Å². The van der Waals surface area contributed by atoms with E-state index in [1.54, 1.807) is 23.1 Å². The molecule has 0 saturated carbocycles. The minimum atomic E-state index is -0.184. The van der Waals surface area contributed by atoms with Crippen LogP contribution in [-0.2, 0) is 13.6 Å². The number of anilines is 1. The zero-order chi connectivity index (χ0) is 22.1. The van der Waals surface area contributed by atoms with Gasteiger partial charge in [-0.2, -0.15) is 5.10 Å². The van der Waals surface area contributed by atoms with E-state index in [0.29, 0.717) is 6.04 Å². The Morgan fingerprint density at radius 1 is 1.09 bits per heavy atom. The van der Waals surface area contributed by atoms with Gasteiger partial charge < -0.3 is 10.2 Å². The van der Waals surface area contributed by atoms with Crippen LogP contribution in [0, 0.1) is 12.7 Å². The van der Waals surface area contributed by atoms with Crippen molar-refractivity contribution in [3.05, 3.63) is 65.7 Å². The standard InChI is InChI=1S/C24H26FN7/c1-16-14-18(25)6-5-17(16)15-27-19-8-12-32(13-9-19)24-23-20(4-3-10-26-23)22(29-30-24)21-7-11-28-31(21)2/h3-7,10-11,14,19,27H,8-9,12-13,15H2,1-2H3. The summed E-state index contributed by atoms with van der Waals surface area (Å²) >= 11 is 0. The first-order valence-corrected chi connectivity index (χ1v) is 10.9. The molecule has 4 aromatic rings. The number of aryl methyl sites for hydroxylation is 2. The molecule has 0 unspecified atom stereocenters. The lowest BCUT2D eigenvalue weighted by molar-refractivity contribution is 0.412. The molecule has 3 aromatic heterocycles. The summed E-state index contributed by atoms with van der Waals surface area (Å²) in [6, 6.07) is 11.3. The van der Waals surface area contributed by atoms with E-state index >= 15 is 0 Å². The van der Waals surface area contributed by atoms with Crippen LogP contribution in [0.3, 0.4) is 0 Å². The second-order valence-electron chi connectivity index (χ2n) is 8.32. The summed E-state index contributed by atoms with van der Waals surface area (Å²) in [4.78, 5) is 6.92. The van der Waals surface area contributed by atoms with Crippen molar-refractivity contribution in [1.82, 2.24) is 30.3 Å².